The predicted octanol–water partition coefficient (Wildman–Crippen LogP) is 3.30. The zero-order valence-electron chi connectivity index (χ0n) is 6.00. The predicted molar refractivity (Wildman–Crippen MR) is 54.3 cm³/mol. The Morgan fingerprint density at radius 2 is 2.27 bits per heavy atom. The highest BCUT2D eigenvalue weighted by Crippen LogP contribution is 2.24. The van der Waals surface area contributed by atoms with Crippen molar-refractivity contribution in [2.24, 2.45) is 0 Å². The van der Waals surface area contributed by atoms with Crippen molar-refractivity contribution in [2.45, 2.75) is 11.2 Å². The Morgan fingerprint density at radius 1 is 1.45 bits per heavy atom. The van der Waals surface area contributed by atoms with Gasteiger partial charge in [0.25, 0.3) is 0 Å². The molecule has 11 heavy (non-hydrogen) atoms. The van der Waals surface area contributed by atoms with Gasteiger partial charge in [-0.15, -0.1) is 0 Å². The normalized spacial score (nSPS) is 12.9. The molecule has 0 fully saturated rings. The zero-order valence-corrected chi connectivity index (χ0v) is 9.18. The van der Waals surface area contributed by atoms with Crippen molar-refractivity contribution in [3.8, 4) is 0 Å². The number of alkyl halides is 2. The number of halogens is 2. The summed E-state index contributed by atoms with van der Waals surface area (Å²) in [5.74, 6) is 0. The molecule has 1 rings (SSSR count). The van der Waals surface area contributed by atoms with Crippen LogP contribution >= 0.6 is 31.9 Å². The number of pyridine rings is 1. The van der Waals surface area contributed by atoms with Crippen LogP contribution in [0.15, 0.2) is 24.4 Å². The Morgan fingerprint density at radius 3 is 2.82 bits per heavy atom. The van der Waals surface area contributed by atoms with E-state index >= 15 is 0 Å². The van der Waals surface area contributed by atoms with Crippen molar-refractivity contribution in [2.75, 3.05) is 5.33 Å². The maximum Gasteiger partial charge on any atom is 0.0576 e. The molecule has 1 aromatic heterocycles. The SMILES string of the molecule is BrCCC(Br)c1ccccn1. The third-order valence-electron chi connectivity index (χ3n) is 1.37. The maximum atomic E-state index is 4.23. The topological polar surface area (TPSA) is 12.9 Å². The molecule has 0 saturated heterocycles. The largest absolute Gasteiger partial charge is 0.260 e. The van der Waals surface area contributed by atoms with E-state index in [1.165, 1.54) is 0 Å². The summed E-state index contributed by atoms with van der Waals surface area (Å²) in [6, 6.07) is 5.96. The minimum atomic E-state index is 0.378. The minimum absolute atomic E-state index is 0.378. The molecular formula is C8H9Br2N. The van der Waals surface area contributed by atoms with Crippen LogP contribution in [0.1, 0.15) is 16.9 Å². The third-order valence-corrected chi connectivity index (χ3v) is 2.76. The van der Waals surface area contributed by atoms with Gasteiger partial charge in [0, 0.05) is 11.5 Å². The number of nitrogens with zero attached hydrogens (tertiary/aromatic N) is 1. The smallest absolute Gasteiger partial charge is 0.0576 e. The average Bonchev–Trinajstić information content (AvgIpc) is 2.07. The molecule has 0 radical (unpaired) electrons. The molecule has 1 aromatic rings. The van der Waals surface area contributed by atoms with Gasteiger partial charge >= 0.3 is 0 Å². The van der Waals surface area contributed by atoms with Gasteiger partial charge in [-0.3, -0.25) is 4.98 Å². The van der Waals surface area contributed by atoms with Crippen molar-refractivity contribution in [3.63, 3.8) is 0 Å². The van der Waals surface area contributed by atoms with Crippen LogP contribution in [0, 0.1) is 0 Å². The van der Waals surface area contributed by atoms with Crippen LogP contribution in [-0.2, 0) is 0 Å². The lowest BCUT2D eigenvalue weighted by molar-refractivity contribution is 0.887. The fourth-order valence-electron chi connectivity index (χ4n) is 0.805. The van der Waals surface area contributed by atoms with E-state index in [4.69, 9.17) is 0 Å². The lowest BCUT2D eigenvalue weighted by atomic mass is 10.2. The molecule has 0 bridgehead atoms. The fraction of sp³-hybridized carbons (Fsp3) is 0.375. The molecule has 0 saturated carbocycles. The molecule has 0 aromatic carbocycles. The first-order valence-corrected chi connectivity index (χ1v) is 5.49. The van der Waals surface area contributed by atoms with E-state index in [1.807, 2.05) is 24.4 Å². The zero-order chi connectivity index (χ0) is 8.10. The van der Waals surface area contributed by atoms with E-state index in [-0.39, 0.29) is 0 Å². The second-order valence-corrected chi connectivity index (χ2v) is 4.10. The van der Waals surface area contributed by atoms with E-state index in [0.29, 0.717) is 4.83 Å². The Hall–Kier alpha value is 0.110. The molecule has 1 nitrogen and oxygen atoms in total. The standard InChI is InChI=1S/C8H9Br2N/c9-5-4-7(10)8-3-1-2-6-11-8/h1-3,6-7H,4-5H2. The van der Waals surface area contributed by atoms with Gasteiger partial charge in [0.05, 0.1) is 10.5 Å². The van der Waals surface area contributed by atoms with Crippen LogP contribution in [-0.4, -0.2) is 10.3 Å². The Balaban J connectivity index is 2.61. The van der Waals surface area contributed by atoms with Crippen LogP contribution in [0.2, 0.25) is 0 Å². The van der Waals surface area contributed by atoms with Crippen LogP contribution in [0.25, 0.3) is 0 Å². The summed E-state index contributed by atoms with van der Waals surface area (Å²) in [6.45, 7) is 0. The van der Waals surface area contributed by atoms with Gasteiger partial charge in [0.2, 0.25) is 0 Å². The van der Waals surface area contributed by atoms with E-state index in [9.17, 15) is 0 Å². The average molecular weight is 279 g/mol. The molecule has 1 atom stereocenters. The van der Waals surface area contributed by atoms with Crippen molar-refractivity contribution < 1.29 is 0 Å². The lowest BCUT2D eigenvalue weighted by Gasteiger charge is -2.05. The first-order valence-electron chi connectivity index (χ1n) is 3.45. The van der Waals surface area contributed by atoms with Crippen LogP contribution < -0.4 is 0 Å². The van der Waals surface area contributed by atoms with Gasteiger partial charge in [-0.2, -0.15) is 0 Å². The second-order valence-electron chi connectivity index (χ2n) is 2.20. The van der Waals surface area contributed by atoms with Gasteiger partial charge in [-0.25, -0.2) is 0 Å². The van der Waals surface area contributed by atoms with E-state index < -0.39 is 0 Å². The number of aromatic nitrogens is 1. The maximum absolute atomic E-state index is 4.23. The van der Waals surface area contributed by atoms with Gasteiger partial charge in [-0.05, 0) is 18.6 Å². The quantitative estimate of drug-likeness (QED) is 0.773. The summed E-state index contributed by atoms with van der Waals surface area (Å²) in [7, 11) is 0. The Labute approximate surface area is 83.5 Å². The second kappa shape index (κ2) is 4.88. The van der Waals surface area contributed by atoms with Crippen molar-refractivity contribution in [1.29, 1.82) is 0 Å². The monoisotopic (exact) mass is 277 g/mol. The van der Waals surface area contributed by atoms with Gasteiger partial charge < -0.3 is 0 Å². The first kappa shape index (κ1) is 9.20. The Kier molecular flexibility index (Phi) is 4.08. The van der Waals surface area contributed by atoms with Crippen molar-refractivity contribution in [1.82, 2.24) is 4.98 Å². The molecule has 1 heterocycles. The summed E-state index contributed by atoms with van der Waals surface area (Å²) in [4.78, 5) is 4.61. The summed E-state index contributed by atoms with van der Waals surface area (Å²) < 4.78 is 0. The van der Waals surface area contributed by atoms with Crippen LogP contribution in [0.5, 0.6) is 0 Å². The third kappa shape index (κ3) is 2.91. The van der Waals surface area contributed by atoms with Gasteiger partial charge in [0.15, 0.2) is 0 Å². The molecule has 0 aliphatic rings. The summed E-state index contributed by atoms with van der Waals surface area (Å²) >= 11 is 6.94. The molecule has 0 aliphatic carbocycles. The lowest BCUT2D eigenvalue weighted by Crippen LogP contribution is -1.92. The molecule has 0 N–H and O–H groups in total. The summed E-state index contributed by atoms with van der Waals surface area (Å²) in [6.07, 6.45) is 2.88. The molecule has 60 valence electrons. The van der Waals surface area contributed by atoms with Crippen molar-refractivity contribution >= 4 is 31.9 Å². The van der Waals surface area contributed by atoms with Gasteiger partial charge in [-0.1, -0.05) is 37.9 Å². The first-order chi connectivity index (χ1) is 5.34. The van der Waals surface area contributed by atoms with E-state index in [2.05, 4.69) is 36.8 Å². The number of rotatable bonds is 3. The van der Waals surface area contributed by atoms with Gasteiger partial charge in [0.1, 0.15) is 0 Å². The molecular weight excluding hydrogens is 270 g/mol. The van der Waals surface area contributed by atoms with Crippen LogP contribution in [0.4, 0.5) is 0 Å². The summed E-state index contributed by atoms with van der Waals surface area (Å²) in [5.41, 5.74) is 1.10. The van der Waals surface area contributed by atoms with E-state index in [0.717, 1.165) is 17.4 Å². The Bertz CT molecular complexity index is 201. The minimum Gasteiger partial charge on any atom is -0.260 e. The molecule has 0 aliphatic heterocycles. The van der Waals surface area contributed by atoms with Crippen molar-refractivity contribution in [3.05, 3.63) is 30.1 Å². The number of hydrogen-bond donors (Lipinski definition) is 0. The highest BCUT2D eigenvalue weighted by molar-refractivity contribution is 9.09. The molecule has 1 unspecified atom stereocenters. The number of hydrogen-bond acceptors (Lipinski definition) is 1. The van der Waals surface area contributed by atoms with E-state index in [1.54, 1.807) is 0 Å². The molecule has 0 spiro atoms. The molecule has 0 amide bonds. The molecule has 3 heteroatoms. The van der Waals surface area contributed by atoms with Crippen LogP contribution in [0.3, 0.4) is 0 Å². The summed E-state index contributed by atoms with van der Waals surface area (Å²) in [5, 5.41) is 0.999. The highest BCUT2D eigenvalue weighted by Gasteiger charge is 2.05. The highest BCUT2D eigenvalue weighted by atomic mass is 79.9. The fourth-order valence-corrected chi connectivity index (χ4v) is 2.38.